The average Bonchev–Trinajstić information content (AvgIpc) is 2.02. The van der Waals surface area contributed by atoms with Gasteiger partial charge in [0, 0.05) is 4.90 Å². The van der Waals surface area contributed by atoms with Crippen molar-refractivity contribution >= 4 is 28.9 Å². The Hall–Kier alpha value is -0.370. The van der Waals surface area contributed by atoms with Gasteiger partial charge in [0.05, 0.1) is 5.56 Å². The van der Waals surface area contributed by atoms with Gasteiger partial charge in [0.25, 0.3) is 0 Å². The zero-order valence-electron chi connectivity index (χ0n) is 6.41. The maximum absolute atomic E-state index is 9.03. The van der Waals surface area contributed by atoms with Crippen molar-refractivity contribution in [3.05, 3.63) is 29.8 Å². The normalized spacial score (nSPS) is 10.8. The summed E-state index contributed by atoms with van der Waals surface area (Å²) in [4.78, 5) is 18.6. The minimum atomic E-state index is -3.33. The highest BCUT2D eigenvalue weighted by molar-refractivity contribution is 8.67. The summed E-state index contributed by atoms with van der Waals surface area (Å²) in [6.45, 7) is 0. The third-order valence-electron chi connectivity index (χ3n) is 1.22. The van der Waals surface area contributed by atoms with Crippen LogP contribution in [-0.2, 0) is 11.8 Å². The Morgan fingerprint density at radius 1 is 1.38 bits per heavy atom. The highest BCUT2D eigenvalue weighted by atomic mass is 32.9. The summed E-state index contributed by atoms with van der Waals surface area (Å²) in [7, 11) is 0. The number of nitriles is 1. The smallest absolute Gasteiger partial charge is 0.246 e. The van der Waals surface area contributed by atoms with E-state index in [1.54, 1.807) is 24.3 Å². The summed E-state index contributed by atoms with van der Waals surface area (Å²) < 4.78 is 0. The Bertz CT molecular complexity index is 396. The molecule has 0 aromatic heterocycles. The quantitative estimate of drug-likeness (QED) is 0.760. The lowest BCUT2D eigenvalue weighted by molar-refractivity contribution is 0.502. The van der Waals surface area contributed by atoms with Crippen molar-refractivity contribution in [2.45, 2.75) is 4.90 Å². The molecule has 0 spiro atoms. The van der Waals surface area contributed by atoms with Crippen LogP contribution in [-0.4, -0.2) is 9.79 Å². The van der Waals surface area contributed by atoms with Crippen LogP contribution in [0, 0.1) is 11.3 Å². The van der Waals surface area contributed by atoms with E-state index >= 15 is 0 Å². The van der Waals surface area contributed by atoms with E-state index in [0.29, 0.717) is 10.5 Å². The highest BCUT2D eigenvalue weighted by Gasteiger charge is 2.12. The highest BCUT2D eigenvalue weighted by Crippen LogP contribution is 2.55. The monoisotopic (exact) mass is 231 g/mol. The first-order valence-corrected chi connectivity index (χ1v) is 7.40. The van der Waals surface area contributed by atoms with Crippen LogP contribution in [0.4, 0.5) is 0 Å². The molecule has 0 aliphatic heterocycles. The molecule has 6 heteroatoms. The fourth-order valence-corrected chi connectivity index (χ4v) is 3.34. The predicted molar refractivity (Wildman–Crippen MR) is 55.7 cm³/mol. The minimum Gasteiger partial charge on any atom is -0.337 e. The number of hydrogen-bond donors (Lipinski definition) is 2. The van der Waals surface area contributed by atoms with Crippen LogP contribution in [0.2, 0.25) is 0 Å². The van der Waals surface area contributed by atoms with Crippen molar-refractivity contribution in [1.82, 2.24) is 0 Å². The van der Waals surface area contributed by atoms with Gasteiger partial charge in [0.2, 0.25) is 5.69 Å². The van der Waals surface area contributed by atoms with Gasteiger partial charge in [-0.3, -0.25) is 0 Å². The van der Waals surface area contributed by atoms with Crippen molar-refractivity contribution < 1.29 is 9.79 Å². The lowest BCUT2D eigenvalue weighted by Gasteiger charge is -2.06. The first kappa shape index (κ1) is 10.7. The van der Waals surface area contributed by atoms with Gasteiger partial charge in [0.1, 0.15) is 6.07 Å². The van der Waals surface area contributed by atoms with Crippen molar-refractivity contribution in [3.63, 3.8) is 0 Å². The molecule has 68 valence electrons. The summed E-state index contributed by atoms with van der Waals surface area (Å²) in [5.41, 5.74) is -2.92. The van der Waals surface area contributed by atoms with Crippen molar-refractivity contribution in [2.75, 3.05) is 0 Å². The molecule has 0 amide bonds. The SMILES string of the molecule is N#Cc1ccccc1SP(O)(O)=S. The minimum absolute atomic E-state index is 0.407. The van der Waals surface area contributed by atoms with Gasteiger partial charge in [-0.05, 0) is 35.3 Å². The van der Waals surface area contributed by atoms with Crippen molar-refractivity contribution in [2.24, 2.45) is 0 Å². The van der Waals surface area contributed by atoms with Gasteiger partial charge >= 0.3 is 0 Å². The fourth-order valence-electron chi connectivity index (χ4n) is 0.767. The Morgan fingerprint density at radius 2 is 2.00 bits per heavy atom. The van der Waals surface area contributed by atoms with E-state index in [1.165, 1.54) is 0 Å². The number of hydrogen-bond acceptors (Lipinski definition) is 3. The van der Waals surface area contributed by atoms with Crippen LogP contribution in [0.3, 0.4) is 0 Å². The zero-order valence-corrected chi connectivity index (χ0v) is 8.94. The van der Waals surface area contributed by atoms with Gasteiger partial charge in [-0.15, -0.1) is 0 Å². The van der Waals surface area contributed by atoms with Crippen molar-refractivity contribution in [3.8, 4) is 6.07 Å². The molecular formula is C7H6NO2PS2. The molecular weight excluding hydrogens is 225 g/mol. The maximum atomic E-state index is 9.03. The molecule has 0 saturated carbocycles. The molecule has 2 N–H and O–H groups in total. The Kier molecular flexibility index (Phi) is 3.48. The molecule has 3 nitrogen and oxygen atoms in total. The zero-order chi connectivity index (χ0) is 9.90. The number of nitrogens with zero attached hydrogens (tertiary/aromatic N) is 1. The molecule has 0 aliphatic carbocycles. The molecule has 1 aromatic rings. The summed E-state index contributed by atoms with van der Waals surface area (Å²) in [5, 5.41) is 8.67. The number of benzene rings is 1. The van der Waals surface area contributed by atoms with Gasteiger partial charge in [-0.1, -0.05) is 12.1 Å². The average molecular weight is 231 g/mol. The van der Waals surface area contributed by atoms with E-state index in [2.05, 4.69) is 11.8 Å². The molecule has 0 unspecified atom stereocenters. The predicted octanol–water partition coefficient (Wildman–Crippen LogP) is 1.86. The molecule has 1 rings (SSSR count). The molecule has 1 aromatic carbocycles. The van der Waals surface area contributed by atoms with Gasteiger partial charge in [-0.2, -0.15) is 5.26 Å². The van der Waals surface area contributed by atoms with Gasteiger partial charge in [0.15, 0.2) is 0 Å². The van der Waals surface area contributed by atoms with Crippen molar-refractivity contribution in [1.29, 1.82) is 5.26 Å². The summed E-state index contributed by atoms with van der Waals surface area (Å²) in [6, 6.07) is 8.61. The molecule has 13 heavy (non-hydrogen) atoms. The van der Waals surface area contributed by atoms with E-state index in [0.717, 1.165) is 11.4 Å². The van der Waals surface area contributed by atoms with Crippen LogP contribution >= 0.6 is 17.1 Å². The van der Waals surface area contributed by atoms with Crippen LogP contribution in [0.1, 0.15) is 5.56 Å². The van der Waals surface area contributed by atoms with E-state index in [9.17, 15) is 0 Å². The molecule has 0 radical (unpaired) electrons. The summed E-state index contributed by atoms with van der Waals surface area (Å²) in [6.07, 6.45) is 0. The Balaban J connectivity index is 3.03. The third kappa shape index (κ3) is 3.47. The fraction of sp³-hybridized carbons (Fsp3) is 0. The number of rotatable bonds is 2. The second kappa shape index (κ2) is 4.23. The first-order valence-electron chi connectivity index (χ1n) is 3.27. The molecule has 0 heterocycles. The second-order valence-electron chi connectivity index (χ2n) is 2.19. The standard InChI is InChI=1S/C7H6NO2PS2/c8-5-6-3-1-2-4-7(6)13-11(9,10)12/h1-4H,(H2,9,10,12). The van der Waals surface area contributed by atoms with Crippen LogP contribution in [0.25, 0.3) is 0 Å². The van der Waals surface area contributed by atoms with Gasteiger partial charge in [-0.25, -0.2) is 0 Å². The second-order valence-corrected chi connectivity index (χ2v) is 8.09. The van der Waals surface area contributed by atoms with E-state index in [1.807, 2.05) is 6.07 Å². The molecule has 0 saturated heterocycles. The molecule has 0 fully saturated rings. The van der Waals surface area contributed by atoms with E-state index < -0.39 is 5.69 Å². The lowest BCUT2D eigenvalue weighted by Crippen LogP contribution is -1.79. The lowest BCUT2D eigenvalue weighted by atomic mass is 10.2. The van der Waals surface area contributed by atoms with Crippen LogP contribution in [0.5, 0.6) is 0 Å². The van der Waals surface area contributed by atoms with E-state index in [-0.39, 0.29) is 0 Å². The van der Waals surface area contributed by atoms with Crippen LogP contribution in [0.15, 0.2) is 29.2 Å². The van der Waals surface area contributed by atoms with Gasteiger partial charge < -0.3 is 9.79 Å². The third-order valence-corrected chi connectivity index (χ3v) is 3.99. The molecule has 0 atom stereocenters. The topological polar surface area (TPSA) is 64.2 Å². The van der Waals surface area contributed by atoms with Crippen LogP contribution < -0.4 is 0 Å². The summed E-state index contributed by atoms with van der Waals surface area (Å²) in [5.74, 6) is 0. The maximum Gasteiger partial charge on any atom is 0.246 e. The molecule has 0 bridgehead atoms. The first-order chi connectivity index (χ1) is 6.03. The summed E-state index contributed by atoms with van der Waals surface area (Å²) >= 11 is 5.22. The van der Waals surface area contributed by atoms with E-state index in [4.69, 9.17) is 15.0 Å². The Morgan fingerprint density at radius 3 is 2.54 bits per heavy atom. The largest absolute Gasteiger partial charge is 0.337 e. The molecule has 0 aliphatic rings. The Labute approximate surface area is 84.9 Å².